The SMILES string of the molecule is COc1ccc(CNc2nc3c(OC)cc(F)cc3c3nc(C=Cc4ccn5c(C6(C(F)(F)F)CC6)ncc5c4)nn23)c(OC)c1. The molecule has 14 heteroatoms. The standard InChI is InChI=1S/C32H27F4N7O3/c1-44-22-6-5-19(24(15-22)45-2)16-38-30-40-27-23(13-20(33)14-25(27)46-3)28-39-26(41-43(28)30)7-4-18-8-11-42-21(12-18)17-37-29(42)31(9-10-31)32(34,35)36/h4-8,11-15,17H,9-10,16H2,1-3H3,(H,38,40). The zero-order valence-corrected chi connectivity index (χ0v) is 24.9. The number of hydrogen-bond acceptors (Lipinski definition) is 8. The molecule has 0 bridgehead atoms. The number of fused-ring (bicyclic) bond motifs is 4. The van der Waals surface area contributed by atoms with Gasteiger partial charge >= 0.3 is 6.18 Å². The number of imidazole rings is 1. The van der Waals surface area contributed by atoms with Gasteiger partial charge in [-0.1, -0.05) is 6.08 Å². The van der Waals surface area contributed by atoms with Gasteiger partial charge in [-0.25, -0.2) is 19.3 Å². The quantitative estimate of drug-likeness (QED) is 0.181. The number of methoxy groups -OCH3 is 3. The van der Waals surface area contributed by atoms with Crippen molar-refractivity contribution in [3.05, 3.63) is 83.5 Å². The topological polar surface area (TPSA) is 100 Å². The average Bonchev–Trinajstić information content (AvgIpc) is 3.58. The molecule has 7 rings (SSSR count). The van der Waals surface area contributed by atoms with E-state index in [1.54, 1.807) is 50.8 Å². The van der Waals surface area contributed by atoms with Crippen molar-refractivity contribution in [2.75, 3.05) is 26.6 Å². The first-order valence-corrected chi connectivity index (χ1v) is 14.3. The predicted molar refractivity (Wildman–Crippen MR) is 163 cm³/mol. The molecule has 0 aliphatic heterocycles. The summed E-state index contributed by atoms with van der Waals surface area (Å²) in [5, 5.41) is 8.28. The second-order valence-electron chi connectivity index (χ2n) is 10.9. The van der Waals surface area contributed by atoms with Crippen LogP contribution in [-0.4, -0.2) is 56.5 Å². The maximum absolute atomic E-state index is 14.6. The Morgan fingerprint density at radius 2 is 1.76 bits per heavy atom. The minimum atomic E-state index is -4.36. The number of alkyl halides is 3. The second-order valence-corrected chi connectivity index (χ2v) is 10.9. The molecule has 1 N–H and O–H groups in total. The highest BCUT2D eigenvalue weighted by molar-refractivity contribution is 5.96. The number of halogens is 4. The van der Waals surface area contributed by atoms with Gasteiger partial charge in [0, 0.05) is 30.4 Å². The molecular weight excluding hydrogens is 606 g/mol. The summed E-state index contributed by atoms with van der Waals surface area (Å²) in [6.45, 7) is 0.304. The van der Waals surface area contributed by atoms with E-state index in [9.17, 15) is 17.6 Å². The van der Waals surface area contributed by atoms with Crippen LogP contribution in [0.1, 0.15) is 35.6 Å². The van der Waals surface area contributed by atoms with Crippen molar-refractivity contribution < 1.29 is 31.8 Å². The van der Waals surface area contributed by atoms with E-state index in [0.717, 1.165) is 5.56 Å². The molecule has 0 saturated heterocycles. The molecule has 1 fully saturated rings. The number of ether oxygens (including phenoxy) is 3. The van der Waals surface area contributed by atoms with Gasteiger partial charge < -0.3 is 23.9 Å². The van der Waals surface area contributed by atoms with Crippen molar-refractivity contribution in [1.29, 1.82) is 0 Å². The van der Waals surface area contributed by atoms with E-state index < -0.39 is 17.4 Å². The number of anilines is 1. The van der Waals surface area contributed by atoms with E-state index in [-0.39, 0.29) is 24.4 Å². The third-order valence-electron chi connectivity index (χ3n) is 8.18. The van der Waals surface area contributed by atoms with Crippen LogP contribution in [0.4, 0.5) is 23.5 Å². The minimum absolute atomic E-state index is 0.00174. The summed E-state index contributed by atoms with van der Waals surface area (Å²) >= 11 is 0. The summed E-state index contributed by atoms with van der Waals surface area (Å²) in [7, 11) is 4.57. The summed E-state index contributed by atoms with van der Waals surface area (Å²) in [4.78, 5) is 13.5. The van der Waals surface area contributed by atoms with Crippen LogP contribution in [0.5, 0.6) is 17.2 Å². The van der Waals surface area contributed by atoms with Gasteiger partial charge in [0.05, 0.1) is 38.4 Å². The lowest BCUT2D eigenvalue weighted by atomic mass is 10.1. The number of hydrogen-bond donors (Lipinski definition) is 1. The summed E-state index contributed by atoms with van der Waals surface area (Å²) in [6, 6.07) is 11.4. The maximum atomic E-state index is 14.6. The van der Waals surface area contributed by atoms with Crippen LogP contribution in [0.3, 0.4) is 0 Å². The fraction of sp³-hybridized carbons (Fsp3) is 0.250. The van der Waals surface area contributed by atoms with Crippen LogP contribution in [0.2, 0.25) is 0 Å². The Labute approximate surface area is 259 Å². The van der Waals surface area contributed by atoms with Crippen molar-refractivity contribution >= 4 is 40.2 Å². The van der Waals surface area contributed by atoms with Crippen molar-refractivity contribution in [3.63, 3.8) is 0 Å². The van der Waals surface area contributed by atoms with E-state index in [1.165, 1.54) is 34.4 Å². The number of rotatable bonds is 9. The van der Waals surface area contributed by atoms with Gasteiger partial charge in [-0.15, -0.1) is 5.10 Å². The van der Waals surface area contributed by atoms with Crippen LogP contribution in [0, 0.1) is 5.82 Å². The molecule has 1 aliphatic carbocycles. The molecule has 1 aliphatic rings. The van der Waals surface area contributed by atoms with Crippen LogP contribution in [0.15, 0.2) is 54.9 Å². The lowest BCUT2D eigenvalue weighted by molar-refractivity contribution is -0.162. The fourth-order valence-electron chi connectivity index (χ4n) is 5.58. The second kappa shape index (κ2) is 10.9. The Morgan fingerprint density at radius 3 is 2.48 bits per heavy atom. The summed E-state index contributed by atoms with van der Waals surface area (Å²) in [6.07, 6.45) is 2.12. The molecule has 10 nitrogen and oxygen atoms in total. The van der Waals surface area contributed by atoms with E-state index in [4.69, 9.17) is 19.2 Å². The highest BCUT2D eigenvalue weighted by atomic mass is 19.4. The van der Waals surface area contributed by atoms with Crippen LogP contribution >= 0.6 is 0 Å². The molecule has 6 aromatic rings. The van der Waals surface area contributed by atoms with E-state index >= 15 is 0 Å². The number of benzene rings is 2. The number of nitrogens with zero attached hydrogens (tertiary/aromatic N) is 6. The highest BCUT2D eigenvalue weighted by Gasteiger charge is 2.66. The first-order valence-electron chi connectivity index (χ1n) is 14.3. The Morgan fingerprint density at radius 1 is 0.957 bits per heavy atom. The molecular formula is C32H27F4N7O3. The predicted octanol–water partition coefficient (Wildman–Crippen LogP) is 6.47. The molecule has 0 atom stereocenters. The van der Waals surface area contributed by atoms with E-state index in [1.807, 2.05) is 12.1 Å². The highest BCUT2D eigenvalue weighted by Crippen LogP contribution is 2.58. The summed E-state index contributed by atoms with van der Waals surface area (Å²) in [5.41, 5.74) is 0.901. The van der Waals surface area contributed by atoms with Gasteiger partial charge in [-0.2, -0.15) is 17.7 Å². The van der Waals surface area contributed by atoms with Crippen LogP contribution < -0.4 is 19.5 Å². The van der Waals surface area contributed by atoms with Gasteiger partial charge in [0.15, 0.2) is 11.5 Å². The van der Waals surface area contributed by atoms with Gasteiger partial charge in [-0.3, -0.25) is 0 Å². The largest absolute Gasteiger partial charge is 0.497 e. The molecule has 236 valence electrons. The Kier molecular flexibility index (Phi) is 6.94. The molecule has 0 spiro atoms. The monoisotopic (exact) mass is 633 g/mol. The van der Waals surface area contributed by atoms with Crippen LogP contribution in [-0.2, 0) is 12.0 Å². The van der Waals surface area contributed by atoms with Crippen LogP contribution in [0.25, 0.3) is 34.2 Å². The van der Waals surface area contributed by atoms with Crippen molar-refractivity contribution in [1.82, 2.24) is 29.0 Å². The molecule has 0 radical (unpaired) electrons. The Bertz CT molecular complexity index is 2150. The molecule has 4 heterocycles. The van der Waals surface area contributed by atoms with Gasteiger partial charge in [-0.05, 0) is 54.8 Å². The number of aromatic nitrogens is 6. The molecule has 2 aromatic carbocycles. The Balaban J connectivity index is 1.25. The zero-order valence-electron chi connectivity index (χ0n) is 24.9. The van der Waals surface area contributed by atoms with E-state index in [0.29, 0.717) is 57.4 Å². The normalized spacial score (nSPS) is 14.4. The van der Waals surface area contributed by atoms with Crippen molar-refractivity contribution in [2.24, 2.45) is 0 Å². The molecule has 1 saturated carbocycles. The molecule has 4 aromatic heterocycles. The molecule has 0 unspecified atom stereocenters. The first kappa shape index (κ1) is 29.3. The summed E-state index contributed by atoms with van der Waals surface area (Å²) < 4.78 is 75.0. The van der Waals surface area contributed by atoms with Crippen molar-refractivity contribution in [3.8, 4) is 17.2 Å². The zero-order chi connectivity index (χ0) is 32.2. The lowest BCUT2D eigenvalue weighted by Gasteiger charge is -2.18. The average molecular weight is 634 g/mol. The Hall–Kier alpha value is -5.40. The smallest absolute Gasteiger partial charge is 0.401 e. The third kappa shape index (κ3) is 4.89. The first-order chi connectivity index (χ1) is 22.1. The van der Waals surface area contributed by atoms with Gasteiger partial charge in [0.1, 0.15) is 39.8 Å². The van der Waals surface area contributed by atoms with Gasteiger partial charge in [0.2, 0.25) is 5.95 Å². The van der Waals surface area contributed by atoms with Crippen molar-refractivity contribution in [2.45, 2.75) is 31.0 Å². The number of nitrogens with one attached hydrogen (secondary N) is 1. The summed E-state index contributed by atoms with van der Waals surface area (Å²) in [5.74, 6) is 1.58. The van der Waals surface area contributed by atoms with E-state index in [2.05, 4.69) is 20.4 Å². The van der Waals surface area contributed by atoms with Gasteiger partial charge in [0.25, 0.3) is 0 Å². The maximum Gasteiger partial charge on any atom is 0.401 e. The lowest BCUT2D eigenvalue weighted by Crippen LogP contribution is -2.30. The minimum Gasteiger partial charge on any atom is -0.497 e. The third-order valence-corrected chi connectivity index (χ3v) is 8.18. The molecule has 0 amide bonds. The number of pyridine rings is 1. The fourth-order valence-corrected chi connectivity index (χ4v) is 5.58. The molecule has 46 heavy (non-hydrogen) atoms.